The molecule has 0 fully saturated rings. The van der Waals surface area contributed by atoms with E-state index in [1.54, 1.807) is 0 Å². The van der Waals surface area contributed by atoms with Gasteiger partial charge in [-0.25, -0.2) is 4.79 Å². The summed E-state index contributed by atoms with van der Waals surface area (Å²) in [5.41, 5.74) is 9.92. The van der Waals surface area contributed by atoms with Crippen molar-refractivity contribution in [3.05, 3.63) is 144 Å². The predicted molar refractivity (Wildman–Crippen MR) is 163 cm³/mol. The fourth-order valence-corrected chi connectivity index (χ4v) is 5.81. The van der Waals surface area contributed by atoms with E-state index in [1.165, 1.54) is 0 Å². The molecule has 0 aliphatic carbocycles. The van der Waals surface area contributed by atoms with Crippen molar-refractivity contribution in [3.8, 4) is 44.5 Å². The van der Waals surface area contributed by atoms with Crippen molar-refractivity contribution in [1.82, 2.24) is 0 Å². The molecule has 2 aromatic heterocycles. The van der Waals surface area contributed by atoms with Crippen LogP contribution in [-0.2, 0) is 0 Å². The Bertz CT molecular complexity index is 2220. The molecule has 188 valence electrons. The molecule has 0 aliphatic heterocycles. The molecule has 3 heteroatoms. The minimum absolute atomic E-state index is 0.364. The Morgan fingerprint density at radius 3 is 1.50 bits per heavy atom. The molecule has 6 aromatic carbocycles. The number of rotatable bonds is 4. The van der Waals surface area contributed by atoms with E-state index in [0.717, 1.165) is 55.3 Å². The maximum Gasteiger partial charge on any atom is 0.344 e. The van der Waals surface area contributed by atoms with Gasteiger partial charge in [0.05, 0.1) is 10.8 Å². The summed E-state index contributed by atoms with van der Waals surface area (Å²) in [6.07, 6.45) is 0. The molecule has 8 rings (SSSR count). The van der Waals surface area contributed by atoms with E-state index in [-0.39, 0.29) is 5.63 Å². The number of hydrogen-bond acceptors (Lipinski definition) is 3. The summed E-state index contributed by atoms with van der Waals surface area (Å²) in [5, 5.41) is 2.18. The van der Waals surface area contributed by atoms with Gasteiger partial charge in [0.2, 0.25) is 0 Å². The molecule has 2 heterocycles. The van der Waals surface area contributed by atoms with Crippen molar-refractivity contribution in [2.75, 3.05) is 0 Å². The first-order chi connectivity index (χ1) is 19.7. The highest BCUT2D eigenvalue weighted by molar-refractivity contribution is 6.24. The van der Waals surface area contributed by atoms with Gasteiger partial charge in [-0.05, 0) is 69.8 Å². The predicted octanol–water partition coefficient (Wildman–Crippen LogP) is 9.80. The minimum Gasteiger partial charge on any atom is -0.455 e. The normalized spacial score (nSPS) is 11.6. The Hall–Kier alpha value is -5.41. The average Bonchev–Trinajstić information content (AvgIpc) is 3.42. The van der Waals surface area contributed by atoms with Gasteiger partial charge in [0.1, 0.15) is 11.2 Å². The van der Waals surface area contributed by atoms with Crippen LogP contribution in [0.1, 0.15) is 0 Å². The quantitative estimate of drug-likeness (QED) is 0.173. The van der Waals surface area contributed by atoms with Crippen molar-refractivity contribution in [3.63, 3.8) is 0 Å². The number of hydrogen-bond donors (Lipinski definition) is 0. The Morgan fingerprint density at radius 2 is 0.900 bits per heavy atom. The SMILES string of the molecule is O=c1oc2c(-c3cccc(-c4ccccc4)c3)ccc3oc4c(-c5cccc(-c6ccccc6)c5)ccc1c4c32. The Balaban J connectivity index is 1.35. The standard InChI is InChI=1S/C37H22O3/c38-37-31-18-17-29(27-15-7-13-25(21-27)23-9-3-1-4-10-23)35-33(31)34-32(39-35)20-19-30(36(34)40-37)28-16-8-14-26(22-28)24-11-5-2-6-12-24/h1-22H. The fraction of sp³-hybridized carbons (Fsp3) is 0. The van der Waals surface area contributed by atoms with Gasteiger partial charge in [-0.1, -0.05) is 97.1 Å². The molecule has 0 radical (unpaired) electrons. The van der Waals surface area contributed by atoms with Gasteiger partial charge in [0.15, 0.2) is 5.58 Å². The van der Waals surface area contributed by atoms with E-state index in [4.69, 9.17) is 8.83 Å². The molecule has 0 unspecified atom stereocenters. The Kier molecular flexibility index (Phi) is 4.98. The molecule has 0 spiro atoms. The maximum atomic E-state index is 13.3. The molecule has 40 heavy (non-hydrogen) atoms. The molecule has 8 aromatic rings. The van der Waals surface area contributed by atoms with E-state index >= 15 is 0 Å². The van der Waals surface area contributed by atoms with Crippen molar-refractivity contribution < 1.29 is 8.83 Å². The lowest BCUT2D eigenvalue weighted by Crippen LogP contribution is -2.00. The highest BCUT2D eigenvalue weighted by atomic mass is 16.4. The second-order valence-corrected chi connectivity index (χ2v) is 10.1. The van der Waals surface area contributed by atoms with Crippen molar-refractivity contribution in [2.45, 2.75) is 0 Å². The zero-order chi connectivity index (χ0) is 26.6. The monoisotopic (exact) mass is 514 g/mol. The first kappa shape index (κ1) is 22.6. The van der Waals surface area contributed by atoms with Gasteiger partial charge in [-0.2, -0.15) is 0 Å². The second kappa shape index (κ2) is 8.82. The molecular formula is C37H22O3. The highest BCUT2D eigenvalue weighted by Gasteiger charge is 2.23. The van der Waals surface area contributed by atoms with E-state index < -0.39 is 0 Å². The van der Waals surface area contributed by atoms with Gasteiger partial charge < -0.3 is 8.83 Å². The molecule has 0 aliphatic rings. The lowest BCUT2D eigenvalue weighted by atomic mass is 9.94. The Morgan fingerprint density at radius 1 is 0.400 bits per heavy atom. The molecular weight excluding hydrogens is 492 g/mol. The first-order valence-corrected chi connectivity index (χ1v) is 13.3. The fourth-order valence-electron chi connectivity index (χ4n) is 5.81. The molecule has 0 bridgehead atoms. The third kappa shape index (κ3) is 3.49. The summed E-state index contributed by atoms with van der Waals surface area (Å²) in [4.78, 5) is 13.3. The summed E-state index contributed by atoms with van der Waals surface area (Å²) in [6, 6.07) is 45.1. The van der Waals surface area contributed by atoms with Crippen LogP contribution < -0.4 is 5.63 Å². The van der Waals surface area contributed by atoms with Crippen molar-refractivity contribution >= 4 is 32.9 Å². The van der Waals surface area contributed by atoms with Crippen LogP contribution in [-0.4, -0.2) is 0 Å². The number of furan rings is 1. The van der Waals surface area contributed by atoms with Crippen molar-refractivity contribution in [1.29, 1.82) is 0 Å². The summed E-state index contributed by atoms with van der Waals surface area (Å²) >= 11 is 0. The summed E-state index contributed by atoms with van der Waals surface area (Å²) in [7, 11) is 0. The van der Waals surface area contributed by atoms with Crippen LogP contribution in [0, 0.1) is 0 Å². The minimum atomic E-state index is -0.364. The lowest BCUT2D eigenvalue weighted by Gasteiger charge is -2.09. The first-order valence-electron chi connectivity index (χ1n) is 13.3. The summed E-state index contributed by atoms with van der Waals surface area (Å²) in [6.45, 7) is 0. The largest absolute Gasteiger partial charge is 0.455 e. The second-order valence-electron chi connectivity index (χ2n) is 10.1. The van der Waals surface area contributed by atoms with Crippen LogP contribution in [0.5, 0.6) is 0 Å². The lowest BCUT2D eigenvalue weighted by molar-refractivity contribution is 0.571. The van der Waals surface area contributed by atoms with Crippen LogP contribution in [0.15, 0.2) is 147 Å². The maximum absolute atomic E-state index is 13.3. The molecule has 0 atom stereocenters. The van der Waals surface area contributed by atoms with Crippen LogP contribution in [0.25, 0.3) is 77.4 Å². The highest BCUT2D eigenvalue weighted by Crippen LogP contribution is 2.43. The van der Waals surface area contributed by atoms with Gasteiger partial charge in [0, 0.05) is 16.5 Å². The smallest absolute Gasteiger partial charge is 0.344 e. The summed E-state index contributed by atoms with van der Waals surface area (Å²) < 4.78 is 12.5. The van der Waals surface area contributed by atoms with E-state index in [1.807, 2.05) is 66.7 Å². The third-order valence-electron chi connectivity index (χ3n) is 7.72. The molecule has 0 saturated carbocycles. The number of benzene rings is 6. The van der Waals surface area contributed by atoms with Crippen LogP contribution in [0.4, 0.5) is 0 Å². The molecule has 0 N–H and O–H groups in total. The molecule has 3 nitrogen and oxygen atoms in total. The topological polar surface area (TPSA) is 43.4 Å². The zero-order valence-electron chi connectivity index (χ0n) is 21.4. The molecule has 0 saturated heterocycles. The summed E-state index contributed by atoms with van der Waals surface area (Å²) in [5.74, 6) is 0. The van der Waals surface area contributed by atoms with Gasteiger partial charge >= 0.3 is 5.63 Å². The third-order valence-corrected chi connectivity index (χ3v) is 7.72. The van der Waals surface area contributed by atoms with Gasteiger partial charge in [-0.3, -0.25) is 0 Å². The van der Waals surface area contributed by atoms with Gasteiger partial charge in [0.25, 0.3) is 0 Å². The zero-order valence-corrected chi connectivity index (χ0v) is 21.4. The van der Waals surface area contributed by atoms with E-state index in [2.05, 4.69) is 66.7 Å². The average molecular weight is 515 g/mol. The van der Waals surface area contributed by atoms with E-state index in [9.17, 15) is 4.79 Å². The van der Waals surface area contributed by atoms with E-state index in [0.29, 0.717) is 22.1 Å². The van der Waals surface area contributed by atoms with Crippen LogP contribution in [0.3, 0.4) is 0 Å². The molecule has 0 amide bonds. The van der Waals surface area contributed by atoms with Crippen molar-refractivity contribution in [2.24, 2.45) is 0 Å². The van der Waals surface area contributed by atoms with Gasteiger partial charge in [-0.15, -0.1) is 0 Å². The van der Waals surface area contributed by atoms with Crippen LogP contribution in [0.2, 0.25) is 0 Å². The van der Waals surface area contributed by atoms with Crippen LogP contribution >= 0.6 is 0 Å². The Labute approximate surface area is 229 Å².